The van der Waals surface area contributed by atoms with Gasteiger partial charge in [-0.1, -0.05) is 22.9 Å². The molecule has 1 aromatic carbocycles. The van der Waals surface area contributed by atoms with Crippen LogP contribution in [0.3, 0.4) is 0 Å². The summed E-state index contributed by atoms with van der Waals surface area (Å²) in [6.07, 6.45) is 2.11. The quantitative estimate of drug-likeness (QED) is 0.869. The van der Waals surface area contributed by atoms with E-state index in [2.05, 4.69) is 52.9 Å². The minimum atomic E-state index is 0.702. The maximum Gasteiger partial charge on any atom is 0.0399 e. The molecule has 0 radical (unpaired) electrons. The SMILES string of the molecule is CCCN(CC)c1ccc(Br)cc1CCN. The van der Waals surface area contributed by atoms with E-state index < -0.39 is 0 Å². The van der Waals surface area contributed by atoms with Crippen LogP contribution in [-0.4, -0.2) is 19.6 Å². The van der Waals surface area contributed by atoms with Gasteiger partial charge in [0, 0.05) is 23.2 Å². The van der Waals surface area contributed by atoms with Crippen molar-refractivity contribution >= 4 is 21.6 Å². The average molecular weight is 285 g/mol. The lowest BCUT2D eigenvalue weighted by Crippen LogP contribution is -2.25. The van der Waals surface area contributed by atoms with Crippen LogP contribution in [0.25, 0.3) is 0 Å². The molecule has 1 rings (SSSR count). The van der Waals surface area contributed by atoms with Gasteiger partial charge in [-0.3, -0.25) is 0 Å². The van der Waals surface area contributed by atoms with Gasteiger partial charge in [-0.25, -0.2) is 0 Å². The fourth-order valence-corrected chi connectivity index (χ4v) is 2.35. The van der Waals surface area contributed by atoms with Gasteiger partial charge in [0.25, 0.3) is 0 Å². The summed E-state index contributed by atoms with van der Waals surface area (Å²) in [5, 5.41) is 0. The van der Waals surface area contributed by atoms with Crippen LogP contribution in [0.15, 0.2) is 22.7 Å². The van der Waals surface area contributed by atoms with Gasteiger partial charge in [0.05, 0.1) is 0 Å². The Balaban J connectivity index is 2.99. The van der Waals surface area contributed by atoms with Gasteiger partial charge in [-0.15, -0.1) is 0 Å². The third-order valence-electron chi connectivity index (χ3n) is 2.67. The van der Waals surface area contributed by atoms with Crippen LogP contribution in [0.4, 0.5) is 5.69 Å². The first kappa shape index (κ1) is 13.5. The summed E-state index contributed by atoms with van der Waals surface area (Å²) in [6.45, 7) is 7.27. The first-order chi connectivity index (χ1) is 7.72. The lowest BCUT2D eigenvalue weighted by molar-refractivity contribution is 0.783. The smallest absolute Gasteiger partial charge is 0.0399 e. The number of nitrogens with zero attached hydrogens (tertiary/aromatic N) is 1. The highest BCUT2D eigenvalue weighted by Crippen LogP contribution is 2.25. The van der Waals surface area contributed by atoms with Crippen molar-refractivity contribution in [1.82, 2.24) is 0 Å². The molecule has 0 unspecified atom stereocenters. The number of nitrogens with two attached hydrogens (primary N) is 1. The third kappa shape index (κ3) is 3.49. The summed E-state index contributed by atoms with van der Waals surface area (Å²) >= 11 is 3.52. The summed E-state index contributed by atoms with van der Waals surface area (Å²) in [5.41, 5.74) is 8.33. The molecule has 0 saturated carbocycles. The molecule has 0 fully saturated rings. The maximum absolute atomic E-state index is 5.66. The highest BCUT2D eigenvalue weighted by atomic mass is 79.9. The standard InChI is InChI=1S/C13H21BrN2/c1-3-9-16(4-2)13-6-5-12(14)10-11(13)7-8-15/h5-6,10H,3-4,7-9,15H2,1-2H3. The first-order valence-electron chi connectivity index (χ1n) is 5.96. The monoisotopic (exact) mass is 284 g/mol. The van der Waals surface area contributed by atoms with Gasteiger partial charge < -0.3 is 10.6 Å². The van der Waals surface area contributed by atoms with Gasteiger partial charge in [0.1, 0.15) is 0 Å². The summed E-state index contributed by atoms with van der Waals surface area (Å²) in [7, 11) is 0. The van der Waals surface area contributed by atoms with E-state index in [-0.39, 0.29) is 0 Å². The van der Waals surface area contributed by atoms with Gasteiger partial charge in [0.15, 0.2) is 0 Å². The van der Waals surface area contributed by atoms with Gasteiger partial charge in [-0.2, -0.15) is 0 Å². The molecule has 16 heavy (non-hydrogen) atoms. The molecule has 0 amide bonds. The topological polar surface area (TPSA) is 29.3 Å². The van der Waals surface area contributed by atoms with Crippen molar-refractivity contribution in [3.05, 3.63) is 28.2 Å². The number of hydrogen-bond acceptors (Lipinski definition) is 2. The van der Waals surface area contributed by atoms with Crippen LogP contribution >= 0.6 is 15.9 Å². The van der Waals surface area contributed by atoms with Crippen molar-refractivity contribution in [3.8, 4) is 0 Å². The van der Waals surface area contributed by atoms with Crippen LogP contribution in [0.1, 0.15) is 25.8 Å². The Labute approximate surface area is 107 Å². The van der Waals surface area contributed by atoms with E-state index in [4.69, 9.17) is 5.73 Å². The molecule has 2 N–H and O–H groups in total. The zero-order valence-corrected chi connectivity index (χ0v) is 11.8. The van der Waals surface area contributed by atoms with Crippen molar-refractivity contribution in [1.29, 1.82) is 0 Å². The lowest BCUT2D eigenvalue weighted by atomic mass is 10.1. The zero-order chi connectivity index (χ0) is 12.0. The number of hydrogen-bond donors (Lipinski definition) is 1. The fraction of sp³-hybridized carbons (Fsp3) is 0.538. The van der Waals surface area contributed by atoms with Crippen molar-refractivity contribution < 1.29 is 0 Å². The summed E-state index contributed by atoms with van der Waals surface area (Å²) in [6, 6.07) is 6.47. The molecule has 0 aliphatic carbocycles. The lowest BCUT2D eigenvalue weighted by Gasteiger charge is -2.25. The Hall–Kier alpha value is -0.540. The Kier molecular flexibility index (Phi) is 5.85. The van der Waals surface area contributed by atoms with Crippen molar-refractivity contribution in [2.45, 2.75) is 26.7 Å². The minimum Gasteiger partial charge on any atom is -0.372 e. The molecule has 0 heterocycles. The minimum absolute atomic E-state index is 0.702. The molecule has 0 spiro atoms. The second kappa shape index (κ2) is 6.92. The number of rotatable bonds is 6. The van der Waals surface area contributed by atoms with E-state index in [9.17, 15) is 0 Å². The third-order valence-corrected chi connectivity index (χ3v) is 3.16. The maximum atomic E-state index is 5.66. The molecule has 0 atom stereocenters. The highest BCUT2D eigenvalue weighted by Gasteiger charge is 2.08. The fourth-order valence-electron chi connectivity index (χ4n) is 1.94. The summed E-state index contributed by atoms with van der Waals surface area (Å²) < 4.78 is 1.13. The second-order valence-corrected chi connectivity index (χ2v) is 4.81. The van der Waals surface area contributed by atoms with Crippen LogP contribution in [0.5, 0.6) is 0 Å². The molecule has 1 aromatic rings. The highest BCUT2D eigenvalue weighted by molar-refractivity contribution is 9.10. The molecular weight excluding hydrogens is 264 g/mol. The van der Waals surface area contributed by atoms with E-state index in [1.807, 2.05) is 0 Å². The molecule has 0 aliphatic rings. The van der Waals surface area contributed by atoms with Crippen molar-refractivity contribution in [2.75, 3.05) is 24.5 Å². The summed E-state index contributed by atoms with van der Waals surface area (Å²) in [4.78, 5) is 2.41. The van der Waals surface area contributed by atoms with E-state index in [1.54, 1.807) is 0 Å². The Bertz CT molecular complexity index is 326. The average Bonchev–Trinajstić information content (AvgIpc) is 2.27. The van der Waals surface area contributed by atoms with E-state index in [1.165, 1.54) is 17.7 Å². The molecule has 90 valence electrons. The second-order valence-electron chi connectivity index (χ2n) is 3.89. The van der Waals surface area contributed by atoms with Crippen LogP contribution in [-0.2, 0) is 6.42 Å². The van der Waals surface area contributed by atoms with Crippen molar-refractivity contribution in [3.63, 3.8) is 0 Å². The van der Waals surface area contributed by atoms with Crippen molar-refractivity contribution in [2.24, 2.45) is 5.73 Å². The first-order valence-corrected chi connectivity index (χ1v) is 6.75. The molecule has 0 bridgehead atoms. The zero-order valence-electron chi connectivity index (χ0n) is 10.2. The largest absolute Gasteiger partial charge is 0.372 e. The Morgan fingerprint density at radius 1 is 1.31 bits per heavy atom. The Morgan fingerprint density at radius 3 is 2.62 bits per heavy atom. The van der Waals surface area contributed by atoms with E-state index in [0.29, 0.717) is 6.54 Å². The van der Waals surface area contributed by atoms with E-state index >= 15 is 0 Å². The number of halogens is 1. The molecule has 0 aromatic heterocycles. The van der Waals surface area contributed by atoms with Crippen LogP contribution in [0, 0.1) is 0 Å². The molecule has 0 saturated heterocycles. The van der Waals surface area contributed by atoms with E-state index in [0.717, 1.165) is 24.0 Å². The molecule has 0 aliphatic heterocycles. The van der Waals surface area contributed by atoms with Crippen LogP contribution < -0.4 is 10.6 Å². The number of benzene rings is 1. The molecular formula is C13H21BrN2. The van der Waals surface area contributed by atoms with Gasteiger partial charge >= 0.3 is 0 Å². The van der Waals surface area contributed by atoms with Gasteiger partial charge in [-0.05, 0) is 50.1 Å². The predicted molar refractivity (Wildman–Crippen MR) is 75.1 cm³/mol. The van der Waals surface area contributed by atoms with Crippen LogP contribution in [0.2, 0.25) is 0 Å². The Morgan fingerprint density at radius 2 is 2.06 bits per heavy atom. The number of anilines is 1. The normalized spacial score (nSPS) is 10.5. The predicted octanol–water partition coefficient (Wildman–Crippen LogP) is 3.19. The van der Waals surface area contributed by atoms with Gasteiger partial charge in [0.2, 0.25) is 0 Å². The summed E-state index contributed by atoms with van der Waals surface area (Å²) in [5.74, 6) is 0. The molecule has 3 heteroatoms. The molecule has 2 nitrogen and oxygen atoms in total.